The minimum absolute atomic E-state index is 0.0234. The Labute approximate surface area is 201 Å². The van der Waals surface area contributed by atoms with Crippen LogP contribution < -0.4 is 15.5 Å². The van der Waals surface area contributed by atoms with Crippen LogP contribution in [0.2, 0.25) is 0 Å². The third-order valence-electron chi connectivity index (χ3n) is 6.29. The van der Waals surface area contributed by atoms with E-state index in [4.69, 9.17) is 9.47 Å². The van der Waals surface area contributed by atoms with Crippen LogP contribution in [-0.4, -0.2) is 49.4 Å². The van der Waals surface area contributed by atoms with Crippen LogP contribution in [0, 0.1) is 0 Å². The van der Waals surface area contributed by atoms with Crippen molar-refractivity contribution in [3.8, 4) is 0 Å². The second-order valence-corrected chi connectivity index (χ2v) is 8.91. The first-order valence-electron chi connectivity index (χ1n) is 11.7. The molecule has 34 heavy (non-hydrogen) atoms. The van der Waals surface area contributed by atoms with E-state index in [9.17, 15) is 4.79 Å². The Kier molecular flexibility index (Phi) is 7.35. The first-order valence-corrected chi connectivity index (χ1v) is 11.7. The number of urea groups is 1. The van der Waals surface area contributed by atoms with Gasteiger partial charge >= 0.3 is 6.03 Å². The van der Waals surface area contributed by atoms with Crippen LogP contribution >= 0.6 is 0 Å². The molecule has 1 aliphatic carbocycles. The van der Waals surface area contributed by atoms with E-state index in [0.717, 1.165) is 42.1 Å². The molecule has 1 saturated heterocycles. The number of anilines is 2. The molecule has 1 aromatic carbocycles. The summed E-state index contributed by atoms with van der Waals surface area (Å²) in [6, 6.07) is 7.83. The maximum Gasteiger partial charge on any atom is 0.319 e. The number of methoxy groups -OCH3 is 2. The zero-order valence-corrected chi connectivity index (χ0v) is 20.3. The number of ether oxygens (including phenoxy) is 2. The Morgan fingerprint density at radius 1 is 1.12 bits per heavy atom. The fraction of sp³-hybridized carbons (Fsp3) is 0.423. The van der Waals surface area contributed by atoms with Gasteiger partial charge in [0.1, 0.15) is 12.1 Å². The number of carbonyl (C=O) groups is 1. The van der Waals surface area contributed by atoms with Crippen LogP contribution in [0.3, 0.4) is 0 Å². The van der Waals surface area contributed by atoms with E-state index in [1.807, 2.05) is 24.3 Å². The number of benzene rings is 1. The number of hydrogen-bond donors (Lipinski definition) is 2. The summed E-state index contributed by atoms with van der Waals surface area (Å²) in [6.07, 6.45) is 7.99. The summed E-state index contributed by atoms with van der Waals surface area (Å²) >= 11 is 0. The summed E-state index contributed by atoms with van der Waals surface area (Å²) in [4.78, 5) is 24.0. The van der Waals surface area contributed by atoms with Gasteiger partial charge in [-0.15, -0.1) is 0 Å². The Morgan fingerprint density at radius 2 is 1.88 bits per heavy atom. The lowest BCUT2D eigenvalue weighted by Gasteiger charge is -2.35. The van der Waals surface area contributed by atoms with Crippen molar-refractivity contribution in [1.82, 2.24) is 15.3 Å². The highest BCUT2D eigenvalue weighted by Crippen LogP contribution is 2.30. The van der Waals surface area contributed by atoms with E-state index >= 15 is 0 Å². The van der Waals surface area contributed by atoms with Gasteiger partial charge in [-0.3, -0.25) is 0 Å². The Hall–Kier alpha value is -3.55. The minimum atomic E-state index is -0.189. The predicted octanol–water partition coefficient (Wildman–Crippen LogP) is 4.46. The summed E-state index contributed by atoms with van der Waals surface area (Å²) in [5.74, 6) is 2.67. The topological polar surface area (TPSA) is 88.6 Å². The number of rotatable bonds is 6. The normalized spacial score (nSPS) is 17.8. The van der Waals surface area contributed by atoms with E-state index in [2.05, 4.69) is 51.5 Å². The third-order valence-corrected chi connectivity index (χ3v) is 6.29. The highest BCUT2D eigenvalue weighted by atomic mass is 16.5. The monoisotopic (exact) mass is 463 g/mol. The molecule has 2 aromatic rings. The van der Waals surface area contributed by atoms with Gasteiger partial charge in [-0.1, -0.05) is 26.0 Å². The first-order chi connectivity index (χ1) is 16.5. The lowest BCUT2D eigenvalue weighted by Crippen LogP contribution is -2.49. The zero-order chi connectivity index (χ0) is 24.1. The van der Waals surface area contributed by atoms with Crippen molar-refractivity contribution in [2.24, 2.45) is 0 Å². The standard InChI is InChI=1S/C26H33N5O3/c1-17(2)18-7-9-19(10-8-18)29-26(32)30-20-6-5-13-31(15-20)25-21-11-12-23(33-3)24(34-4)14-22(21)27-16-28-25/h7-10,12,14,16-17,20H,5-6,11,13,15H2,1-4H3,(H2,29,30,32). The molecule has 2 aliphatic rings. The number of fused-ring (bicyclic) bond motifs is 1. The second kappa shape index (κ2) is 10.6. The van der Waals surface area contributed by atoms with Crippen LogP contribution in [0.4, 0.5) is 16.3 Å². The van der Waals surface area contributed by atoms with E-state index in [0.29, 0.717) is 30.4 Å². The van der Waals surface area contributed by atoms with Gasteiger partial charge < -0.3 is 25.0 Å². The van der Waals surface area contributed by atoms with Crippen molar-refractivity contribution < 1.29 is 14.3 Å². The van der Waals surface area contributed by atoms with Gasteiger partial charge in [-0.2, -0.15) is 0 Å². The summed E-state index contributed by atoms with van der Waals surface area (Å²) in [7, 11) is 3.25. The van der Waals surface area contributed by atoms with Gasteiger partial charge in [0.05, 0.1) is 19.9 Å². The fourth-order valence-electron chi connectivity index (χ4n) is 4.43. The molecule has 1 aliphatic heterocycles. The average Bonchev–Trinajstić information content (AvgIpc) is 3.03. The molecule has 2 heterocycles. The van der Waals surface area contributed by atoms with E-state index in [-0.39, 0.29) is 12.1 Å². The molecule has 8 nitrogen and oxygen atoms in total. The van der Waals surface area contributed by atoms with Crippen LogP contribution in [-0.2, 0) is 15.9 Å². The van der Waals surface area contributed by atoms with Crippen molar-refractivity contribution in [2.45, 2.75) is 45.1 Å². The number of piperidine rings is 1. The molecule has 0 spiro atoms. The van der Waals surface area contributed by atoms with Crippen molar-refractivity contribution in [3.05, 3.63) is 65.0 Å². The van der Waals surface area contributed by atoms with E-state index in [1.165, 1.54) is 5.56 Å². The average molecular weight is 464 g/mol. The van der Waals surface area contributed by atoms with Crippen molar-refractivity contribution in [3.63, 3.8) is 0 Å². The summed E-state index contributed by atoms with van der Waals surface area (Å²) in [5.41, 5.74) is 3.89. The van der Waals surface area contributed by atoms with Gasteiger partial charge in [0, 0.05) is 42.9 Å². The molecule has 0 radical (unpaired) electrons. The predicted molar refractivity (Wildman–Crippen MR) is 134 cm³/mol. The van der Waals surface area contributed by atoms with Gasteiger partial charge in [-0.25, -0.2) is 14.8 Å². The third kappa shape index (κ3) is 5.32. The van der Waals surface area contributed by atoms with Gasteiger partial charge in [0.2, 0.25) is 0 Å². The number of amides is 2. The molecule has 0 saturated carbocycles. The van der Waals surface area contributed by atoms with Crippen LogP contribution in [0.5, 0.6) is 0 Å². The number of aromatic nitrogens is 2. The summed E-state index contributed by atoms with van der Waals surface area (Å²) < 4.78 is 11.0. The lowest BCUT2D eigenvalue weighted by atomic mass is 10.0. The van der Waals surface area contributed by atoms with Crippen molar-refractivity contribution in [1.29, 1.82) is 0 Å². The molecule has 2 N–H and O–H groups in total. The molecule has 8 heteroatoms. The zero-order valence-electron chi connectivity index (χ0n) is 20.3. The van der Waals surface area contributed by atoms with Crippen molar-refractivity contribution in [2.75, 3.05) is 37.5 Å². The van der Waals surface area contributed by atoms with Crippen LogP contribution in [0.1, 0.15) is 49.4 Å². The molecular weight excluding hydrogens is 430 g/mol. The number of nitrogens with one attached hydrogen (secondary N) is 2. The van der Waals surface area contributed by atoms with Crippen molar-refractivity contribution >= 4 is 23.6 Å². The summed E-state index contributed by atoms with van der Waals surface area (Å²) in [6.45, 7) is 5.87. The minimum Gasteiger partial charge on any atom is -0.493 e. The Morgan fingerprint density at radius 3 is 2.59 bits per heavy atom. The largest absolute Gasteiger partial charge is 0.493 e. The maximum absolute atomic E-state index is 12.6. The van der Waals surface area contributed by atoms with E-state index in [1.54, 1.807) is 20.5 Å². The molecular formula is C26H33N5O3. The van der Waals surface area contributed by atoms with Gasteiger partial charge in [0.15, 0.2) is 11.5 Å². The quantitative estimate of drug-likeness (QED) is 0.657. The summed E-state index contributed by atoms with van der Waals surface area (Å²) in [5, 5.41) is 6.08. The maximum atomic E-state index is 12.6. The smallest absolute Gasteiger partial charge is 0.319 e. The Balaban J connectivity index is 1.44. The van der Waals surface area contributed by atoms with E-state index < -0.39 is 0 Å². The first kappa shape index (κ1) is 23.6. The molecule has 1 unspecified atom stereocenters. The molecule has 2 amide bonds. The Bertz CT molecular complexity index is 1080. The van der Waals surface area contributed by atoms with Crippen LogP contribution in [0.25, 0.3) is 6.08 Å². The fourth-order valence-corrected chi connectivity index (χ4v) is 4.43. The molecule has 0 bridgehead atoms. The van der Waals surface area contributed by atoms with Gasteiger partial charge in [0.25, 0.3) is 0 Å². The van der Waals surface area contributed by atoms with Gasteiger partial charge in [-0.05, 0) is 42.5 Å². The number of allylic oxidation sites excluding steroid dienone is 1. The molecule has 1 fully saturated rings. The molecule has 1 aromatic heterocycles. The lowest BCUT2D eigenvalue weighted by molar-refractivity contribution is 0.222. The number of carbonyl (C=O) groups excluding carboxylic acids is 1. The molecule has 4 rings (SSSR count). The highest BCUT2D eigenvalue weighted by molar-refractivity contribution is 5.89. The van der Waals surface area contributed by atoms with Crippen LogP contribution in [0.15, 0.2) is 48.2 Å². The highest BCUT2D eigenvalue weighted by Gasteiger charge is 2.26. The SMILES string of the molecule is COC1=CCc2c(ncnc2N2CCCC(NC(=O)Nc3ccc(C(C)C)cc3)C2)C=C1OC. The second-order valence-electron chi connectivity index (χ2n) is 8.91. The molecule has 180 valence electrons. The number of hydrogen-bond acceptors (Lipinski definition) is 6. The molecule has 1 atom stereocenters. The number of nitrogens with zero attached hydrogens (tertiary/aromatic N) is 3.